The van der Waals surface area contributed by atoms with Crippen molar-refractivity contribution in [1.29, 1.82) is 0 Å². The molecule has 0 unspecified atom stereocenters. The topological polar surface area (TPSA) is 91.3 Å². The number of carbonyl (C=O) groups is 1. The second-order valence-corrected chi connectivity index (χ2v) is 10.6. The lowest BCUT2D eigenvalue weighted by Crippen LogP contribution is -2.31. The average molecular weight is 507 g/mol. The van der Waals surface area contributed by atoms with Gasteiger partial charge in [-0.15, -0.1) is 0 Å². The Balaban J connectivity index is 1.46. The monoisotopic (exact) mass is 506 g/mol. The molecule has 0 bridgehead atoms. The lowest BCUT2D eigenvalue weighted by Gasteiger charge is -2.20. The standard InChI is InChI=1S/C24H31ClN4O4S/c1-28(16-12-18-6-8-19(9-7-18)24-26-13-14-27-24)23(30)5-4-15-29(2)34(31,32)22-17-20(25)10-11-21(22)33-3/h6-11,17H,4-5,12-16H2,1-3H3,(H,26,27). The van der Waals surface area contributed by atoms with Gasteiger partial charge in [0.25, 0.3) is 0 Å². The SMILES string of the molecule is COc1ccc(Cl)cc1S(=O)(=O)N(C)CCCC(=O)N(C)CCc1ccc(C2=NCCN2)cc1. The Bertz CT molecular complexity index is 1140. The molecule has 2 aromatic rings. The molecular weight excluding hydrogens is 476 g/mol. The summed E-state index contributed by atoms with van der Waals surface area (Å²) in [5, 5.41) is 3.56. The molecule has 1 heterocycles. The van der Waals surface area contributed by atoms with Gasteiger partial charge >= 0.3 is 0 Å². The minimum atomic E-state index is -3.79. The van der Waals surface area contributed by atoms with Gasteiger partial charge in [-0.3, -0.25) is 9.79 Å². The third kappa shape index (κ3) is 6.49. The zero-order valence-corrected chi connectivity index (χ0v) is 21.3. The molecule has 0 atom stereocenters. The van der Waals surface area contributed by atoms with E-state index in [0.717, 1.165) is 36.5 Å². The van der Waals surface area contributed by atoms with Crippen LogP contribution in [0.2, 0.25) is 5.02 Å². The maximum absolute atomic E-state index is 12.9. The molecule has 1 N–H and O–H groups in total. The van der Waals surface area contributed by atoms with E-state index in [0.29, 0.717) is 18.0 Å². The largest absolute Gasteiger partial charge is 0.495 e. The number of sulfonamides is 1. The van der Waals surface area contributed by atoms with Crippen LogP contribution in [0.1, 0.15) is 24.0 Å². The van der Waals surface area contributed by atoms with E-state index >= 15 is 0 Å². The van der Waals surface area contributed by atoms with E-state index in [1.54, 1.807) is 18.0 Å². The van der Waals surface area contributed by atoms with Crippen molar-refractivity contribution in [2.24, 2.45) is 4.99 Å². The van der Waals surface area contributed by atoms with Crippen molar-refractivity contribution in [2.75, 3.05) is 47.4 Å². The molecule has 0 spiro atoms. The third-order valence-corrected chi connectivity index (χ3v) is 7.85. The number of likely N-dealkylation sites (N-methyl/N-ethyl adjacent to an activating group) is 1. The number of nitrogens with one attached hydrogen (secondary N) is 1. The van der Waals surface area contributed by atoms with Crippen molar-refractivity contribution in [3.63, 3.8) is 0 Å². The molecule has 0 aromatic heterocycles. The lowest BCUT2D eigenvalue weighted by atomic mass is 10.1. The van der Waals surface area contributed by atoms with Crippen molar-refractivity contribution in [3.8, 4) is 5.75 Å². The number of methoxy groups -OCH3 is 1. The highest BCUT2D eigenvalue weighted by Gasteiger charge is 2.25. The molecule has 1 aliphatic heterocycles. The van der Waals surface area contributed by atoms with Crippen LogP contribution >= 0.6 is 11.6 Å². The molecule has 0 saturated carbocycles. The van der Waals surface area contributed by atoms with Crippen LogP contribution in [0.15, 0.2) is 52.4 Å². The van der Waals surface area contributed by atoms with E-state index in [2.05, 4.69) is 22.4 Å². The number of aliphatic imine (C=N–C) groups is 1. The third-order valence-electron chi connectivity index (χ3n) is 5.74. The van der Waals surface area contributed by atoms with Gasteiger partial charge in [-0.25, -0.2) is 12.7 Å². The molecular formula is C24H31ClN4O4S. The van der Waals surface area contributed by atoms with Gasteiger partial charge in [0.1, 0.15) is 16.5 Å². The molecule has 0 fully saturated rings. The maximum Gasteiger partial charge on any atom is 0.246 e. The van der Waals surface area contributed by atoms with E-state index in [1.807, 2.05) is 12.1 Å². The van der Waals surface area contributed by atoms with Crippen molar-refractivity contribution >= 4 is 33.4 Å². The van der Waals surface area contributed by atoms with E-state index in [9.17, 15) is 13.2 Å². The Morgan fingerprint density at radius 1 is 1.15 bits per heavy atom. The first-order valence-corrected chi connectivity index (χ1v) is 13.0. The van der Waals surface area contributed by atoms with Gasteiger partial charge in [-0.1, -0.05) is 35.9 Å². The zero-order valence-electron chi connectivity index (χ0n) is 19.8. The summed E-state index contributed by atoms with van der Waals surface area (Å²) in [4.78, 5) is 18.6. The number of amides is 1. The predicted molar refractivity (Wildman–Crippen MR) is 134 cm³/mol. The molecule has 0 aliphatic carbocycles. The number of ether oxygens (including phenoxy) is 1. The van der Waals surface area contributed by atoms with Crippen LogP contribution in [-0.2, 0) is 21.2 Å². The second-order valence-electron chi connectivity index (χ2n) is 8.14. The predicted octanol–water partition coefficient (Wildman–Crippen LogP) is 2.80. The van der Waals surface area contributed by atoms with Crippen molar-refractivity contribution in [2.45, 2.75) is 24.2 Å². The van der Waals surface area contributed by atoms with Gasteiger partial charge in [0.2, 0.25) is 15.9 Å². The number of carbonyl (C=O) groups excluding carboxylic acids is 1. The summed E-state index contributed by atoms with van der Waals surface area (Å²) < 4.78 is 32.2. The highest BCUT2D eigenvalue weighted by Crippen LogP contribution is 2.29. The minimum Gasteiger partial charge on any atom is -0.495 e. The molecule has 0 saturated heterocycles. The van der Waals surface area contributed by atoms with Gasteiger partial charge in [0.15, 0.2) is 0 Å². The molecule has 184 valence electrons. The van der Waals surface area contributed by atoms with Crippen LogP contribution < -0.4 is 10.1 Å². The van der Waals surface area contributed by atoms with Crippen molar-refractivity contribution in [3.05, 3.63) is 58.6 Å². The number of hydrogen-bond donors (Lipinski definition) is 1. The number of nitrogens with zero attached hydrogens (tertiary/aromatic N) is 3. The normalized spacial score (nSPS) is 13.5. The van der Waals surface area contributed by atoms with Crippen LogP contribution in [0.3, 0.4) is 0 Å². The van der Waals surface area contributed by atoms with Crippen LogP contribution in [0.25, 0.3) is 0 Å². The second kappa shape index (κ2) is 11.7. The summed E-state index contributed by atoms with van der Waals surface area (Å²) in [5.74, 6) is 1.14. The first-order valence-electron chi connectivity index (χ1n) is 11.1. The fourth-order valence-electron chi connectivity index (χ4n) is 3.63. The number of rotatable bonds is 11. The number of amidine groups is 1. The summed E-state index contributed by atoms with van der Waals surface area (Å²) in [6, 6.07) is 12.7. The molecule has 10 heteroatoms. The van der Waals surface area contributed by atoms with Crippen LogP contribution in [0.4, 0.5) is 0 Å². The number of hydrogen-bond acceptors (Lipinski definition) is 6. The van der Waals surface area contributed by atoms with Crippen LogP contribution in [0.5, 0.6) is 5.75 Å². The van der Waals surface area contributed by atoms with Gasteiger partial charge in [-0.2, -0.15) is 0 Å². The first kappa shape index (κ1) is 26.0. The van der Waals surface area contributed by atoms with Gasteiger partial charge in [-0.05, 0) is 36.6 Å². The smallest absolute Gasteiger partial charge is 0.246 e. The summed E-state index contributed by atoms with van der Waals surface area (Å²) in [6.07, 6.45) is 1.41. The van der Waals surface area contributed by atoms with Gasteiger partial charge in [0.05, 0.1) is 13.7 Å². The Kier molecular flexibility index (Phi) is 8.93. The average Bonchev–Trinajstić information content (AvgIpc) is 3.37. The van der Waals surface area contributed by atoms with Crippen LogP contribution in [0, 0.1) is 0 Å². The Morgan fingerprint density at radius 2 is 1.88 bits per heavy atom. The highest BCUT2D eigenvalue weighted by molar-refractivity contribution is 7.89. The van der Waals surface area contributed by atoms with Gasteiger partial charge < -0.3 is 15.0 Å². The molecule has 0 radical (unpaired) electrons. The van der Waals surface area contributed by atoms with E-state index < -0.39 is 10.0 Å². The summed E-state index contributed by atoms with van der Waals surface area (Å²) in [6.45, 7) is 2.48. The lowest BCUT2D eigenvalue weighted by molar-refractivity contribution is -0.130. The first-order chi connectivity index (χ1) is 16.2. The Hall–Kier alpha value is -2.62. The summed E-state index contributed by atoms with van der Waals surface area (Å²) in [5.41, 5.74) is 2.21. The van der Waals surface area contributed by atoms with E-state index in [1.165, 1.54) is 30.6 Å². The molecule has 8 nitrogen and oxygen atoms in total. The van der Waals surface area contributed by atoms with Crippen LogP contribution in [-0.4, -0.2) is 76.7 Å². The Morgan fingerprint density at radius 3 is 2.53 bits per heavy atom. The molecule has 34 heavy (non-hydrogen) atoms. The quantitative estimate of drug-likeness (QED) is 0.506. The summed E-state index contributed by atoms with van der Waals surface area (Å²) >= 11 is 5.98. The van der Waals surface area contributed by atoms with Gasteiger partial charge in [0, 0.05) is 50.7 Å². The highest BCUT2D eigenvalue weighted by atomic mass is 35.5. The fraction of sp³-hybridized carbons (Fsp3) is 0.417. The summed E-state index contributed by atoms with van der Waals surface area (Å²) in [7, 11) is 0.872. The Labute approximate surface area is 206 Å². The molecule has 1 amide bonds. The number of benzene rings is 2. The van der Waals surface area contributed by atoms with Crippen molar-refractivity contribution in [1.82, 2.24) is 14.5 Å². The molecule has 2 aromatic carbocycles. The molecule has 1 aliphatic rings. The maximum atomic E-state index is 12.9. The fourth-order valence-corrected chi connectivity index (χ4v) is 5.25. The number of halogens is 1. The van der Waals surface area contributed by atoms with Crippen molar-refractivity contribution < 1.29 is 17.9 Å². The minimum absolute atomic E-state index is 0.00949. The van der Waals surface area contributed by atoms with E-state index in [4.69, 9.17) is 16.3 Å². The van der Waals surface area contributed by atoms with E-state index in [-0.39, 0.29) is 29.5 Å². The molecule has 3 rings (SSSR count). The zero-order chi connectivity index (χ0) is 24.7.